The average Bonchev–Trinajstić information content (AvgIpc) is 2.04. The lowest BCUT2D eigenvalue weighted by molar-refractivity contribution is 1.38. The third kappa shape index (κ3) is 3.21. The second-order valence-corrected chi connectivity index (χ2v) is 4.96. The minimum atomic E-state index is 1.17. The molecule has 0 aliphatic heterocycles. The molecular formula is C9H12S2. The third-order valence-electron chi connectivity index (χ3n) is 1.29. The maximum atomic E-state index is 2.17. The summed E-state index contributed by atoms with van der Waals surface area (Å²) in [5.74, 6) is 1.17. The van der Waals surface area contributed by atoms with Crippen LogP contribution in [0.2, 0.25) is 0 Å². The highest BCUT2D eigenvalue weighted by atomic mass is 33.1. The topological polar surface area (TPSA) is 0 Å². The quantitative estimate of drug-likeness (QED) is 0.656. The highest BCUT2D eigenvalue weighted by molar-refractivity contribution is 8.76. The molecule has 0 aliphatic carbocycles. The number of hydrogen-bond donors (Lipinski definition) is 0. The van der Waals surface area contributed by atoms with Crippen molar-refractivity contribution in [3.05, 3.63) is 29.8 Å². The van der Waals surface area contributed by atoms with E-state index < -0.39 is 0 Å². The molecule has 1 aromatic carbocycles. The van der Waals surface area contributed by atoms with Crippen LogP contribution in [0.25, 0.3) is 0 Å². The average molecular weight is 184 g/mol. The molecule has 0 spiro atoms. The zero-order chi connectivity index (χ0) is 8.10. The molecule has 11 heavy (non-hydrogen) atoms. The van der Waals surface area contributed by atoms with E-state index >= 15 is 0 Å². The molecule has 0 heterocycles. The molecule has 0 fully saturated rings. The van der Waals surface area contributed by atoms with Gasteiger partial charge >= 0.3 is 0 Å². The highest BCUT2D eigenvalue weighted by Crippen LogP contribution is 2.30. The van der Waals surface area contributed by atoms with Gasteiger partial charge in [-0.25, -0.2) is 0 Å². The molecule has 1 aromatic rings. The van der Waals surface area contributed by atoms with Gasteiger partial charge in [0.1, 0.15) is 0 Å². The molecule has 1 rings (SSSR count). The van der Waals surface area contributed by atoms with E-state index in [9.17, 15) is 0 Å². The first-order valence-corrected chi connectivity index (χ1v) is 6.01. The lowest BCUT2D eigenvalue weighted by Crippen LogP contribution is -1.70. The van der Waals surface area contributed by atoms with Gasteiger partial charge in [-0.3, -0.25) is 0 Å². The molecule has 60 valence electrons. The van der Waals surface area contributed by atoms with E-state index in [1.807, 2.05) is 21.6 Å². The molecule has 0 saturated carbocycles. The normalized spacial score (nSPS) is 10.0. The summed E-state index contributed by atoms with van der Waals surface area (Å²) in [4.78, 5) is 1.35. The zero-order valence-electron chi connectivity index (χ0n) is 6.83. The number of rotatable bonds is 3. The Bertz CT molecular complexity index is 203. The van der Waals surface area contributed by atoms with E-state index in [2.05, 4.69) is 38.1 Å². The fourth-order valence-corrected chi connectivity index (χ4v) is 2.32. The van der Waals surface area contributed by atoms with Crippen LogP contribution in [0.1, 0.15) is 12.5 Å². The second-order valence-electron chi connectivity index (χ2n) is 2.30. The molecule has 0 radical (unpaired) electrons. The molecule has 0 unspecified atom stereocenters. The summed E-state index contributed by atoms with van der Waals surface area (Å²) in [7, 11) is 3.73. The van der Waals surface area contributed by atoms with Crippen molar-refractivity contribution in [2.24, 2.45) is 0 Å². The summed E-state index contributed by atoms with van der Waals surface area (Å²) in [6.45, 7) is 4.28. The van der Waals surface area contributed by atoms with Crippen LogP contribution in [0.15, 0.2) is 29.2 Å². The van der Waals surface area contributed by atoms with Crippen LogP contribution in [-0.2, 0) is 0 Å². The van der Waals surface area contributed by atoms with Crippen LogP contribution >= 0.6 is 21.6 Å². The van der Waals surface area contributed by atoms with Crippen LogP contribution in [0.5, 0.6) is 0 Å². The summed E-state index contributed by atoms with van der Waals surface area (Å²) in [5.41, 5.74) is 1.33. The van der Waals surface area contributed by atoms with Gasteiger partial charge in [-0.1, -0.05) is 46.2 Å². The van der Waals surface area contributed by atoms with Gasteiger partial charge in [0.05, 0.1) is 0 Å². The summed E-state index contributed by atoms with van der Waals surface area (Å²) in [6.07, 6.45) is 0. The van der Waals surface area contributed by atoms with Crippen molar-refractivity contribution in [2.75, 3.05) is 5.75 Å². The van der Waals surface area contributed by atoms with Crippen LogP contribution < -0.4 is 0 Å². The van der Waals surface area contributed by atoms with Gasteiger partial charge in [0.25, 0.3) is 0 Å². The molecule has 0 atom stereocenters. The van der Waals surface area contributed by atoms with Gasteiger partial charge in [-0.15, -0.1) is 0 Å². The maximum absolute atomic E-state index is 2.17. The van der Waals surface area contributed by atoms with Crippen LogP contribution in [0.3, 0.4) is 0 Å². The van der Waals surface area contributed by atoms with Crippen molar-refractivity contribution < 1.29 is 0 Å². The Morgan fingerprint density at radius 3 is 2.36 bits per heavy atom. The lowest BCUT2D eigenvalue weighted by Gasteiger charge is -1.98. The monoisotopic (exact) mass is 184 g/mol. The van der Waals surface area contributed by atoms with Crippen molar-refractivity contribution >= 4 is 21.6 Å². The van der Waals surface area contributed by atoms with Gasteiger partial charge in [-0.05, 0) is 19.1 Å². The fraction of sp³-hybridized carbons (Fsp3) is 0.333. The first kappa shape index (κ1) is 9.01. The van der Waals surface area contributed by atoms with Gasteiger partial charge in [-0.2, -0.15) is 0 Å². The maximum Gasteiger partial charge on any atom is 0.0182 e. The summed E-state index contributed by atoms with van der Waals surface area (Å²) >= 11 is 0. The SMILES string of the molecule is CCSSc1ccc(C)cc1. The lowest BCUT2D eigenvalue weighted by atomic mass is 10.2. The molecule has 0 saturated heterocycles. The largest absolute Gasteiger partial charge is 0.0892 e. The predicted octanol–water partition coefficient (Wildman–Crippen LogP) is 3.76. The van der Waals surface area contributed by atoms with Crippen molar-refractivity contribution in [3.8, 4) is 0 Å². The van der Waals surface area contributed by atoms with E-state index in [0.29, 0.717) is 0 Å². The van der Waals surface area contributed by atoms with Crippen molar-refractivity contribution in [2.45, 2.75) is 18.7 Å². The fourth-order valence-electron chi connectivity index (χ4n) is 0.721. The minimum absolute atomic E-state index is 1.17. The predicted molar refractivity (Wildman–Crippen MR) is 55.2 cm³/mol. The third-order valence-corrected chi connectivity index (χ3v) is 3.75. The zero-order valence-corrected chi connectivity index (χ0v) is 8.47. The van der Waals surface area contributed by atoms with Crippen molar-refractivity contribution in [3.63, 3.8) is 0 Å². The number of benzene rings is 1. The standard InChI is InChI=1S/C9H12S2/c1-3-10-11-9-6-4-8(2)5-7-9/h4-7H,3H2,1-2H3. The Labute approximate surface area is 76.2 Å². The van der Waals surface area contributed by atoms with Gasteiger partial charge in [0.2, 0.25) is 0 Å². The van der Waals surface area contributed by atoms with Crippen LogP contribution in [-0.4, -0.2) is 5.75 Å². The van der Waals surface area contributed by atoms with E-state index in [-0.39, 0.29) is 0 Å². The van der Waals surface area contributed by atoms with Crippen molar-refractivity contribution in [1.82, 2.24) is 0 Å². The van der Waals surface area contributed by atoms with Crippen LogP contribution in [0, 0.1) is 6.92 Å². The molecule has 0 aromatic heterocycles. The molecule has 0 nitrogen and oxygen atoms in total. The molecular weight excluding hydrogens is 172 g/mol. The van der Waals surface area contributed by atoms with E-state index in [4.69, 9.17) is 0 Å². The van der Waals surface area contributed by atoms with E-state index in [1.54, 1.807) is 0 Å². The molecule has 0 aliphatic rings. The first-order valence-electron chi connectivity index (χ1n) is 3.69. The molecule has 0 bridgehead atoms. The summed E-state index contributed by atoms with van der Waals surface area (Å²) < 4.78 is 0. The Morgan fingerprint density at radius 1 is 1.18 bits per heavy atom. The number of aryl methyl sites for hydroxylation is 1. The van der Waals surface area contributed by atoms with Gasteiger partial charge in [0, 0.05) is 10.6 Å². The van der Waals surface area contributed by atoms with Gasteiger partial charge < -0.3 is 0 Å². The van der Waals surface area contributed by atoms with Crippen molar-refractivity contribution in [1.29, 1.82) is 0 Å². The molecule has 0 N–H and O–H groups in total. The summed E-state index contributed by atoms with van der Waals surface area (Å²) in [5, 5.41) is 0. The first-order chi connectivity index (χ1) is 5.33. The Hall–Kier alpha value is -0.0800. The van der Waals surface area contributed by atoms with E-state index in [1.165, 1.54) is 16.2 Å². The van der Waals surface area contributed by atoms with E-state index in [0.717, 1.165) is 0 Å². The number of hydrogen-bond acceptors (Lipinski definition) is 2. The van der Waals surface area contributed by atoms with Gasteiger partial charge in [0.15, 0.2) is 0 Å². The smallest absolute Gasteiger partial charge is 0.0182 e. The molecule has 2 heteroatoms. The highest BCUT2D eigenvalue weighted by Gasteiger charge is 1.91. The molecule has 0 amide bonds. The Kier molecular flexibility index (Phi) is 3.87. The second kappa shape index (κ2) is 4.73. The summed E-state index contributed by atoms with van der Waals surface area (Å²) in [6, 6.07) is 8.64. The minimum Gasteiger partial charge on any atom is -0.0892 e. The Balaban J connectivity index is 2.52. The van der Waals surface area contributed by atoms with Crippen LogP contribution in [0.4, 0.5) is 0 Å². The Morgan fingerprint density at radius 2 is 1.82 bits per heavy atom.